The zero-order chi connectivity index (χ0) is 16.9. The van der Waals surface area contributed by atoms with Gasteiger partial charge in [-0.1, -0.05) is 6.07 Å². The monoisotopic (exact) mass is 363 g/mol. The molecular weight excluding hydrogens is 342 g/mol. The number of anilines is 1. The van der Waals surface area contributed by atoms with Crippen LogP contribution < -0.4 is 16.0 Å². The molecule has 0 bridgehead atoms. The van der Waals surface area contributed by atoms with Gasteiger partial charge in [-0.25, -0.2) is 0 Å². The van der Waals surface area contributed by atoms with Crippen molar-refractivity contribution in [3.63, 3.8) is 0 Å². The average molecular weight is 364 g/mol. The van der Waals surface area contributed by atoms with Crippen molar-refractivity contribution in [1.29, 1.82) is 0 Å². The molecule has 1 saturated heterocycles. The maximum Gasteiger partial charge on any atom is 0.291 e. The Morgan fingerprint density at radius 1 is 1.16 bits per heavy atom. The number of carbonyl (C=O) groups excluding carboxylic acids is 2. The van der Waals surface area contributed by atoms with E-state index in [1.165, 1.54) is 6.26 Å². The maximum atomic E-state index is 12.4. The second-order valence-corrected chi connectivity index (χ2v) is 5.96. The fourth-order valence-corrected chi connectivity index (χ4v) is 2.72. The summed E-state index contributed by atoms with van der Waals surface area (Å²) in [6.45, 7) is 3.72. The van der Waals surface area contributed by atoms with E-state index < -0.39 is 0 Å². The first-order valence-corrected chi connectivity index (χ1v) is 8.10. The van der Waals surface area contributed by atoms with E-state index in [1.807, 2.05) is 13.0 Å². The summed E-state index contributed by atoms with van der Waals surface area (Å²) in [4.78, 5) is 24.5. The van der Waals surface area contributed by atoms with Crippen LogP contribution in [-0.4, -0.2) is 30.9 Å². The zero-order valence-corrected chi connectivity index (χ0v) is 14.8. The molecule has 2 heterocycles. The van der Waals surface area contributed by atoms with Gasteiger partial charge in [-0.05, 0) is 62.7 Å². The van der Waals surface area contributed by atoms with Gasteiger partial charge in [0.05, 0.1) is 6.26 Å². The Labute approximate surface area is 152 Å². The summed E-state index contributed by atoms with van der Waals surface area (Å²) in [6.07, 6.45) is 3.31. The van der Waals surface area contributed by atoms with Gasteiger partial charge in [-0.15, -0.1) is 12.4 Å². The average Bonchev–Trinajstić information content (AvgIpc) is 3.12. The van der Waals surface area contributed by atoms with Crippen LogP contribution in [0.15, 0.2) is 41.0 Å². The lowest BCUT2D eigenvalue weighted by Crippen LogP contribution is -2.42. The Morgan fingerprint density at radius 3 is 2.60 bits per heavy atom. The third kappa shape index (κ3) is 4.84. The number of amides is 2. The van der Waals surface area contributed by atoms with Crippen LogP contribution in [0.1, 0.15) is 39.3 Å². The molecule has 25 heavy (non-hydrogen) atoms. The Kier molecular flexibility index (Phi) is 6.61. The van der Waals surface area contributed by atoms with Crippen molar-refractivity contribution < 1.29 is 14.0 Å². The summed E-state index contributed by atoms with van der Waals surface area (Å²) in [5.74, 6) is -0.214. The van der Waals surface area contributed by atoms with Crippen LogP contribution in [-0.2, 0) is 0 Å². The van der Waals surface area contributed by atoms with Gasteiger partial charge in [0.15, 0.2) is 5.76 Å². The van der Waals surface area contributed by atoms with Crippen molar-refractivity contribution in [1.82, 2.24) is 10.6 Å². The summed E-state index contributed by atoms with van der Waals surface area (Å²) < 4.78 is 5.09. The van der Waals surface area contributed by atoms with Crippen LogP contribution in [0.2, 0.25) is 0 Å². The van der Waals surface area contributed by atoms with E-state index in [-0.39, 0.29) is 36.0 Å². The minimum Gasteiger partial charge on any atom is -0.459 e. The van der Waals surface area contributed by atoms with Crippen LogP contribution in [0.4, 0.5) is 5.69 Å². The molecule has 1 aromatic heterocycles. The summed E-state index contributed by atoms with van der Waals surface area (Å²) >= 11 is 0. The predicted octanol–water partition coefficient (Wildman–Crippen LogP) is 2.74. The molecule has 0 unspecified atom stereocenters. The van der Waals surface area contributed by atoms with Crippen molar-refractivity contribution >= 4 is 29.9 Å². The SMILES string of the molecule is Cc1ccc(C(=O)NC2CCNCC2)cc1NC(=O)c1ccco1.Cl. The molecule has 134 valence electrons. The Balaban J connectivity index is 0.00000225. The molecule has 0 aliphatic carbocycles. The topological polar surface area (TPSA) is 83.4 Å². The zero-order valence-electron chi connectivity index (χ0n) is 14.0. The van der Waals surface area contributed by atoms with Crippen molar-refractivity contribution in [3.8, 4) is 0 Å². The third-order valence-corrected chi connectivity index (χ3v) is 4.17. The molecule has 6 nitrogen and oxygen atoms in total. The third-order valence-electron chi connectivity index (χ3n) is 4.17. The molecule has 1 aliphatic heterocycles. The lowest BCUT2D eigenvalue weighted by Gasteiger charge is -2.23. The maximum absolute atomic E-state index is 12.4. The van der Waals surface area contributed by atoms with E-state index in [1.54, 1.807) is 24.3 Å². The number of rotatable bonds is 4. The molecule has 0 saturated carbocycles. The molecule has 3 rings (SSSR count). The first-order valence-electron chi connectivity index (χ1n) is 8.10. The molecule has 0 spiro atoms. The van der Waals surface area contributed by atoms with Crippen LogP contribution in [0, 0.1) is 6.92 Å². The lowest BCUT2D eigenvalue weighted by atomic mass is 10.0. The number of carbonyl (C=O) groups is 2. The van der Waals surface area contributed by atoms with Crippen LogP contribution >= 0.6 is 12.4 Å². The first kappa shape index (κ1) is 19.0. The van der Waals surface area contributed by atoms with Gasteiger partial charge >= 0.3 is 0 Å². The molecular formula is C18H22ClN3O3. The number of halogens is 1. The molecule has 2 amide bonds. The number of aryl methyl sites for hydroxylation is 1. The molecule has 3 N–H and O–H groups in total. The normalized spacial score (nSPS) is 14.4. The standard InChI is InChI=1S/C18H21N3O3.ClH/c1-12-4-5-13(17(22)20-14-6-8-19-9-7-14)11-15(12)21-18(23)16-3-2-10-24-16;/h2-5,10-11,14,19H,6-9H2,1H3,(H,20,22)(H,21,23);1H. The number of furan rings is 1. The number of benzene rings is 1. The molecule has 7 heteroatoms. The summed E-state index contributed by atoms with van der Waals surface area (Å²) in [5, 5.41) is 9.11. The van der Waals surface area contributed by atoms with E-state index in [4.69, 9.17) is 4.42 Å². The Bertz CT molecular complexity index is 725. The predicted molar refractivity (Wildman–Crippen MR) is 98.4 cm³/mol. The van der Waals surface area contributed by atoms with Crippen molar-refractivity contribution in [3.05, 3.63) is 53.5 Å². The quantitative estimate of drug-likeness (QED) is 0.780. The summed E-state index contributed by atoms with van der Waals surface area (Å²) in [7, 11) is 0. The van der Waals surface area contributed by atoms with Gasteiger partial charge in [0.1, 0.15) is 0 Å². The first-order chi connectivity index (χ1) is 11.6. The highest BCUT2D eigenvalue weighted by Gasteiger charge is 2.17. The second-order valence-electron chi connectivity index (χ2n) is 5.96. The molecule has 1 aromatic carbocycles. The molecule has 2 aromatic rings. The highest BCUT2D eigenvalue weighted by atomic mass is 35.5. The van der Waals surface area contributed by atoms with Gasteiger partial charge in [-0.2, -0.15) is 0 Å². The minimum atomic E-state index is -0.334. The highest BCUT2D eigenvalue weighted by Crippen LogP contribution is 2.18. The molecule has 0 atom stereocenters. The van der Waals surface area contributed by atoms with Crippen molar-refractivity contribution in [2.75, 3.05) is 18.4 Å². The molecule has 1 fully saturated rings. The summed E-state index contributed by atoms with van der Waals surface area (Å²) in [5.41, 5.74) is 2.02. The highest BCUT2D eigenvalue weighted by molar-refractivity contribution is 6.03. The second kappa shape index (κ2) is 8.69. The van der Waals surface area contributed by atoms with Gasteiger partial charge in [0, 0.05) is 17.3 Å². The fraction of sp³-hybridized carbons (Fsp3) is 0.333. The largest absolute Gasteiger partial charge is 0.459 e. The van der Waals surface area contributed by atoms with Crippen LogP contribution in [0.5, 0.6) is 0 Å². The van der Waals surface area contributed by atoms with Gasteiger partial charge in [0.25, 0.3) is 11.8 Å². The van der Waals surface area contributed by atoms with Crippen molar-refractivity contribution in [2.45, 2.75) is 25.8 Å². The number of piperidine rings is 1. The van der Waals surface area contributed by atoms with E-state index in [9.17, 15) is 9.59 Å². The van der Waals surface area contributed by atoms with Crippen LogP contribution in [0.3, 0.4) is 0 Å². The summed E-state index contributed by atoms with van der Waals surface area (Å²) in [6, 6.07) is 8.75. The van der Waals surface area contributed by atoms with Crippen LogP contribution in [0.25, 0.3) is 0 Å². The number of hydrogen-bond acceptors (Lipinski definition) is 4. The minimum absolute atomic E-state index is 0. The molecule has 1 aliphatic rings. The van der Waals surface area contributed by atoms with Gasteiger partial charge in [0.2, 0.25) is 0 Å². The van der Waals surface area contributed by atoms with Crippen molar-refractivity contribution in [2.24, 2.45) is 0 Å². The Hall–Kier alpha value is -2.31. The van der Waals surface area contributed by atoms with Gasteiger partial charge < -0.3 is 20.4 Å². The lowest BCUT2D eigenvalue weighted by molar-refractivity contribution is 0.0928. The fourth-order valence-electron chi connectivity index (χ4n) is 2.72. The van der Waals surface area contributed by atoms with E-state index in [2.05, 4.69) is 16.0 Å². The molecule has 0 radical (unpaired) electrons. The number of hydrogen-bond donors (Lipinski definition) is 3. The smallest absolute Gasteiger partial charge is 0.291 e. The van der Waals surface area contributed by atoms with E-state index >= 15 is 0 Å². The van der Waals surface area contributed by atoms with Gasteiger partial charge in [-0.3, -0.25) is 9.59 Å². The number of nitrogens with one attached hydrogen (secondary N) is 3. The Morgan fingerprint density at radius 2 is 1.92 bits per heavy atom. The van der Waals surface area contributed by atoms with E-state index in [0.29, 0.717) is 11.3 Å². The van der Waals surface area contributed by atoms with E-state index in [0.717, 1.165) is 31.5 Å².